The topological polar surface area (TPSA) is 124 Å². The summed E-state index contributed by atoms with van der Waals surface area (Å²) in [6.45, 7) is 0.691. The van der Waals surface area contributed by atoms with Crippen molar-refractivity contribution in [3.63, 3.8) is 0 Å². The second-order valence-electron chi connectivity index (χ2n) is 4.12. The van der Waals surface area contributed by atoms with E-state index in [0.717, 1.165) is 0 Å². The minimum absolute atomic E-state index is 0.0262. The fourth-order valence-corrected chi connectivity index (χ4v) is 1.94. The van der Waals surface area contributed by atoms with E-state index < -0.39 is 5.97 Å². The van der Waals surface area contributed by atoms with Gasteiger partial charge in [0.05, 0.1) is 7.11 Å². The zero-order chi connectivity index (χ0) is 13.8. The van der Waals surface area contributed by atoms with Gasteiger partial charge >= 0.3 is 5.97 Å². The van der Waals surface area contributed by atoms with Gasteiger partial charge < -0.3 is 4.74 Å². The minimum atomic E-state index is -0.545. The van der Waals surface area contributed by atoms with Crippen LogP contribution in [0.1, 0.15) is 16.9 Å². The maximum atomic E-state index is 11.8. The lowest BCUT2D eigenvalue weighted by atomic mass is 10.1. The number of ether oxygens (including phenoxy) is 1. The summed E-state index contributed by atoms with van der Waals surface area (Å²) in [4.78, 5) is 27.2. The van der Waals surface area contributed by atoms with Gasteiger partial charge in [-0.05, 0) is 11.4 Å². The number of nitrogens with zero attached hydrogens (tertiary/aromatic N) is 5. The fourth-order valence-electron chi connectivity index (χ4n) is 1.94. The Kier molecular flexibility index (Phi) is 3.67. The van der Waals surface area contributed by atoms with E-state index in [0.29, 0.717) is 18.8 Å². The van der Waals surface area contributed by atoms with E-state index in [1.807, 2.05) is 0 Å². The smallest absolute Gasteiger partial charge is 0.356 e. The van der Waals surface area contributed by atoms with E-state index >= 15 is 0 Å². The van der Waals surface area contributed by atoms with Crippen LogP contribution in [0.5, 0.6) is 0 Å². The summed E-state index contributed by atoms with van der Waals surface area (Å²) >= 11 is 0. The molecule has 1 aliphatic rings. The molecule has 0 aliphatic carbocycles. The maximum absolute atomic E-state index is 11.8. The van der Waals surface area contributed by atoms with Gasteiger partial charge in [0.15, 0.2) is 5.82 Å². The van der Waals surface area contributed by atoms with Gasteiger partial charge in [-0.2, -0.15) is 5.10 Å². The van der Waals surface area contributed by atoms with E-state index in [2.05, 4.69) is 25.0 Å². The average Bonchev–Trinajstić information content (AvgIpc) is 3.02. The van der Waals surface area contributed by atoms with Gasteiger partial charge in [0.2, 0.25) is 5.91 Å². The van der Waals surface area contributed by atoms with Gasteiger partial charge in [-0.1, -0.05) is 5.11 Å². The second-order valence-corrected chi connectivity index (χ2v) is 4.12. The maximum Gasteiger partial charge on any atom is 0.356 e. The first-order valence-corrected chi connectivity index (χ1v) is 5.60. The summed E-state index contributed by atoms with van der Waals surface area (Å²) in [5, 5.41) is 9.88. The lowest BCUT2D eigenvalue weighted by Gasteiger charge is -2.11. The largest absolute Gasteiger partial charge is 0.464 e. The third kappa shape index (κ3) is 2.66. The molecule has 2 rings (SSSR count). The molecular weight excluding hydrogens is 252 g/mol. The van der Waals surface area contributed by atoms with Gasteiger partial charge in [0, 0.05) is 30.5 Å². The van der Waals surface area contributed by atoms with Crippen molar-refractivity contribution in [1.29, 1.82) is 0 Å². The summed E-state index contributed by atoms with van der Waals surface area (Å²) in [5.41, 5.74) is 8.44. The van der Waals surface area contributed by atoms with Crippen LogP contribution in [0, 0.1) is 5.92 Å². The van der Waals surface area contributed by atoms with Gasteiger partial charge in [0.1, 0.15) is 5.69 Å². The lowest BCUT2D eigenvalue weighted by molar-refractivity contribution is -0.117. The van der Waals surface area contributed by atoms with Crippen molar-refractivity contribution >= 4 is 17.7 Å². The molecule has 1 amide bonds. The van der Waals surface area contributed by atoms with Crippen LogP contribution >= 0.6 is 0 Å². The number of nitrogens with one attached hydrogen (secondary N) is 1. The second kappa shape index (κ2) is 5.40. The van der Waals surface area contributed by atoms with E-state index in [9.17, 15) is 9.59 Å². The summed E-state index contributed by atoms with van der Waals surface area (Å²) in [5.74, 6) is -0.312. The minimum Gasteiger partial charge on any atom is -0.464 e. The number of azide groups is 1. The van der Waals surface area contributed by atoms with Crippen molar-refractivity contribution < 1.29 is 14.3 Å². The zero-order valence-corrected chi connectivity index (χ0v) is 10.2. The number of H-pyrrole nitrogens is 1. The monoisotopic (exact) mass is 264 g/mol. The Morgan fingerprint density at radius 1 is 1.79 bits per heavy atom. The van der Waals surface area contributed by atoms with Gasteiger partial charge in [0.25, 0.3) is 0 Å². The summed E-state index contributed by atoms with van der Waals surface area (Å²) < 4.78 is 4.54. The van der Waals surface area contributed by atoms with E-state index in [1.54, 1.807) is 0 Å². The van der Waals surface area contributed by atoms with Crippen molar-refractivity contribution in [1.82, 2.24) is 10.2 Å². The number of amides is 1. The first kappa shape index (κ1) is 12.9. The number of methoxy groups -OCH3 is 1. The molecule has 100 valence electrons. The van der Waals surface area contributed by atoms with Gasteiger partial charge in [-0.25, -0.2) is 4.79 Å². The molecule has 1 N–H and O–H groups in total. The van der Waals surface area contributed by atoms with Crippen LogP contribution < -0.4 is 4.90 Å². The van der Waals surface area contributed by atoms with Crippen LogP contribution in [0.2, 0.25) is 0 Å². The number of rotatable bonds is 4. The summed E-state index contributed by atoms with van der Waals surface area (Å²) in [6, 6.07) is 1.46. The molecule has 0 radical (unpaired) electrons. The van der Waals surface area contributed by atoms with Crippen molar-refractivity contribution in [2.75, 3.05) is 25.1 Å². The van der Waals surface area contributed by atoms with E-state index in [4.69, 9.17) is 5.53 Å². The van der Waals surface area contributed by atoms with Crippen LogP contribution in [-0.2, 0) is 9.53 Å². The number of esters is 1. The Morgan fingerprint density at radius 2 is 2.58 bits per heavy atom. The molecule has 1 aromatic heterocycles. The highest BCUT2D eigenvalue weighted by Crippen LogP contribution is 2.24. The Morgan fingerprint density at radius 3 is 3.26 bits per heavy atom. The normalized spacial score (nSPS) is 18.3. The van der Waals surface area contributed by atoms with Crippen molar-refractivity contribution in [3.8, 4) is 0 Å². The molecule has 1 fully saturated rings. The number of anilines is 1. The van der Waals surface area contributed by atoms with Crippen molar-refractivity contribution in [2.24, 2.45) is 11.0 Å². The number of hydrogen-bond acceptors (Lipinski definition) is 5. The van der Waals surface area contributed by atoms with Crippen molar-refractivity contribution in [3.05, 3.63) is 22.2 Å². The molecule has 1 saturated heterocycles. The molecular formula is C10H12N6O3. The molecule has 0 spiro atoms. The first-order chi connectivity index (χ1) is 9.15. The standard InChI is InChI=1S/C10H12N6O3/c1-19-10(18)7-3-8(14-13-7)16-5-6(2-9(16)17)4-12-15-11/h3,6H,2,4-5H2,1H3,(H,13,14). The Bertz CT molecular complexity index is 547. The van der Waals surface area contributed by atoms with Crippen LogP contribution in [-0.4, -0.2) is 42.3 Å². The summed E-state index contributed by atoms with van der Waals surface area (Å²) in [7, 11) is 1.26. The van der Waals surface area contributed by atoms with Crippen LogP contribution in [0.15, 0.2) is 11.2 Å². The number of carbonyl (C=O) groups excluding carboxylic acids is 2. The number of carbonyl (C=O) groups is 2. The molecule has 1 atom stereocenters. The Labute approximate surface area is 108 Å². The SMILES string of the molecule is COC(=O)c1cc(N2CC(CN=[N+]=[N-])CC2=O)n[nH]1. The van der Waals surface area contributed by atoms with Gasteiger partial charge in [-0.15, -0.1) is 0 Å². The Balaban J connectivity index is 2.09. The highest BCUT2D eigenvalue weighted by Gasteiger charge is 2.31. The van der Waals surface area contributed by atoms with Crippen LogP contribution in [0.25, 0.3) is 10.4 Å². The number of aromatic amines is 1. The molecule has 0 aromatic carbocycles. The quantitative estimate of drug-likeness (QED) is 0.374. The molecule has 0 bridgehead atoms. The zero-order valence-electron chi connectivity index (χ0n) is 10.2. The summed E-state index contributed by atoms with van der Waals surface area (Å²) in [6.07, 6.45) is 0.305. The number of hydrogen-bond donors (Lipinski definition) is 1. The molecule has 0 saturated carbocycles. The fraction of sp³-hybridized carbons (Fsp3) is 0.500. The molecule has 1 aliphatic heterocycles. The average molecular weight is 264 g/mol. The van der Waals surface area contributed by atoms with E-state index in [-0.39, 0.29) is 24.1 Å². The first-order valence-electron chi connectivity index (χ1n) is 5.60. The van der Waals surface area contributed by atoms with Crippen LogP contribution in [0.3, 0.4) is 0 Å². The van der Waals surface area contributed by atoms with E-state index in [1.165, 1.54) is 18.1 Å². The lowest BCUT2D eigenvalue weighted by Crippen LogP contribution is -2.25. The molecule has 9 nitrogen and oxygen atoms in total. The molecule has 2 heterocycles. The predicted molar refractivity (Wildman–Crippen MR) is 64.4 cm³/mol. The van der Waals surface area contributed by atoms with Gasteiger partial charge in [-0.3, -0.25) is 14.8 Å². The highest BCUT2D eigenvalue weighted by molar-refractivity contribution is 5.96. The number of aromatic nitrogens is 2. The Hall–Kier alpha value is -2.54. The molecule has 1 unspecified atom stereocenters. The highest BCUT2D eigenvalue weighted by atomic mass is 16.5. The predicted octanol–water partition coefficient (Wildman–Crippen LogP) is 0.859. The third-order valence-corrected chi connectivity index (χ3v) is 2.85. The van der Waals surface area contributed by atoms with Crippen LogP contribution in [0.4, 0.5) is 5.82 Å². The molecule has 19 heavy (non-hydrogen) atoms. The molecule has 9 heteroatoms. The third-order valence-electron chi connectivity index (χ3n) is 2.85. The van der Waals surface area contributed by atoms with Crippen molar-refractivity contribution in [2.45, 2.75) is 6.42 Å². The molecule has 1 aromatic rings.